The highest BCUT2D eigenvalue weighted by molar-refractivity contribution is 8.38. The number of ether oxygens (including phenoxy) is 1. The largest absolute Gasteiger partial charge is 0.492 e. The summed E-state index contributed by atoms with van der Waals surface area (Å²) in [6, 6.07) is 14.4. The summed E-state index contributed by atoms with van der Waals surface area (Å²) in [6.07, 6.45) is 0. The molecule has 2 aromatic carbocycles. The van der Waals surface area contributed by atoms with Gasteiger partial charge in [-0.05, 0) is 17.7 Å². The smallest absolute Gasteiger partial charge is 0.273 e. The van der Waals surface area contributed by atoms with Crippen LogP contribution < -0.4 is 4.74 Å². The molecular formula is C16H14N2O3S2. The Hall–Kier alpha value is -1.99. The maximum Gasteiger partial charge on any atom is 0.273 e. The molecule has 118 valence electrons. The van der Waals surface area contributed by atoms with Gasteiger partial charge in [0.25, 0.3) is 5.69 Å². The molecule has 1 aliphatic rings. The van der Waals surface area contributed by atoms with E-state index in [2.05, 4.69) is 11.1 Å². The van der Waals surface area contributed by atoms with Crippen LogP contribution in [0.3, 0.4) is 0 Å². The number of benzene rings is 2. The lowest BCUT2D eigenvalue weighted by Crippen LogP contribution is -2.03. The number of hydrogen-bond acceptors (Lipinski definition) is 6. The number of para-hydroxylation sites is 1. The number of fused-ring (bicyclic) bond motifs is 1. The molecule has 0 saturated heterocycles. The first-order valence-corrected chi connectivity index (χ1v) is 8.99. The fraction of sp³-hybridized carbons (Fsp3) is 0.188. The van der Waals surface area contributed by atoms with E-state index >= 15 is 0 Å². The highest BCUT2D eigenvalue weighted by Crippen LogP contribution is 2.34. The third kappa shape index (κ3) is 4.27. The molecule has 23 heavy (non-hydrogen) atoms. The zero-order chi connectivity index (χ0) is 16.1. The molecule has 2 aromatic rings. The Kier molecular flexibility index (Phi) is 5.19. The maximum atomic E-state index is 10.7. The van der Waals surface area contributed by atoms with Crippen LogP contribution in [0.25, 0.3) is 0 Å². The molecule has 0 atom stereocenters. The van der Waals surface area contributed by atoms with E-state index in [1.807, 2.05) is 18.2 Å². The average molecular weight is 346 g/mol. The number of nitro benzene ring substituents is 1. The molecule has 3 rings (SSSR count). The molecule has 0 aromatic heterocycles. The van der Waals surface area contributed by atoms with E-state index in [0.717, 1.165) is 21.6 Å². The fourth-order valence-corrected chi connectivity index (χ4v) is 4.01. The van der Waals surface area contributed by atoms with E-state index in [0.29, 0.717) is 12.4 Å². The SMILES string of the molecule is O=[N+]([O-])c1cccc(OCCSC2=Nc3ccccc3CS2)c1. The molecule has 0 saturated carbocycles. The molecule has 0 N–H and O–H groups in total. The Morgan fingerprint density at radius 3 is 3.00 bits per heavy atom. The van der Waals surface area contributed by atoms with Gasteiger partial charge in [-0.15, -0.1) is 0 Å². The topological polar surface area (TPSA) is 64.7 Å². The normalized spacial score (nSPS) is 13.1. The van der Waals surface area contributed by atoms with Crippen molar-refractivity contribution in [1.29, 1.82) is 0 Å². The van der Waals surface area contributed by atoms with Crippen molar-refractivity contribution in [3.05, 3.63) is 64.2 Å². The predicted octanol–water partition coefficient (Wildman–Crippen LogP) is 4.64. The number of aliphatic imine (C=N–C) groups is 1. The molecule has 1 heterocycles. The van der Waals surface area contributed by atoms with Gasteiger partial charge in [-0.1, -0.05) is 47.8 Å². The molecule has 1 aliphatic heterocycles. The number of rotatable bonds is 5. The van der Waals surface area contributed by atoms with Crippen molar-refractivity contribution in [2.45, 2.75) is 5.75 Å². The Labute approximate surface area is 142 Å². The molecule has 0 aliphatic carbocycles. The van der Waals surface area contributed by atoms with Crippen LogP contribution in [0.4, 0.5) is 11.4 Å². The van der Waals surface area contributed by atoms with E-state index in [1.54, 1.807) is 35.7 Å². The number of nitrogens with zero attached hydrogens (tertiary/aromatic N) is 2. The molecule has 0 bridgehead atoms. The number of nitro groups is 1. The molecular weight excluding hydrogens is 332 g/mol. The summed E-state index contributed by atoms with van der Waals surface area (Å²) in [7, 11) is 0. The summed E-state index contributed by atoms with van der Waals surface area (Å²) in [5, 5.41) is 10.7. The van der Waals surface area contributed by atoms with Crippen molar-refractivity contribution in [2.24, 2.45) is 4.99 Å². The van der Waals surface area contributed by atoms with Crippen molar-refractivity contribution < 1.29 is 9.66 Å². The van der Waals surface area contributed by atoms with Crippen LogP contribution in [-0.4, -0.2) is 21.7 Å². The molecule has 0 amide bonds. The molecule has 0 unspecified atom stereocenters. The Morgan fingerprint density at radius 1 is 1.26 bits per heavy atom. The summed E-state index contributed by atoms with van der Waals surface area (Å²) in [4.78, 5) is 14.9. The van der Waals surface area contributed by atoms with Crippen molar-refractivity contribution in [1.82, 2.24) is 0 Å². The zero-order valence-electron chi connectivity index (χ0n) is 12.2. The predicted molar refractivity (Wildman–Crippen MR) is 95.9 cm³/mol. The minimum Gasteiger partial charge on any atom is -0.492 e. The van der Waals surface area contributed by atoms with Crippen molar-refractivity contribution in [2.75, 3.05) is 12.4 Å². The lowest BCUT2D eigenvalue weighted by Gasteiger charge is -2.14. The first kappa shape index (κ1) is 15.9. The summed E-state index contributed by atoms with van der Waals surface area (Å²) in [6.45, 7) is 0.479. The lowest BCUT2D eigenvalue weighted by atomic mass is 10.2. The van der Waals surface area contributed by atoms with Gasteiger partial charge >= 0.3 is 0 Å². The van der Waals surface area contributed by atoms with Gasteiger partial charge in [-0.3, -0.25) is 10.1 Å². The van der Waals surface area contributed by atoms with E-state index in [1.165, 1.54) is 17.7 Å². The van der Waals surface area contributed by atoms with Crippen molar-refractivity contribution in [3.8, 4) is 5.75 Å². The monoisotopic (exact) mass is 346 g/mol. The van der Waals surface area contributed by atoms with Crippen LogP contribution in [-0.2, 0) is 5.75 Å². The van der Waals surface area contributed by atoms with Crippen LogP contribution in [0.2, 0.25) is 0 Å². The minimum atomic E-state index is -0.424. The summed E-state index contributed by atoms with van der Waals surface area (Å²) in [5.74, 6) is 2.20. The number of non-ortho nitro benzene ring substituents is 1. The minimum absolute atomic E-state index is 0.0407. The molecule has 7 heteroatoms. The fourth-order valence-electron chi connectivity index (χ4n) is 2.06. The van der Waals surface area contributed by atoms with Gasteiger partial charge < -0.3 is 4.74 Å². The molecule has 0 fully saturated rings. The third-order valence-electron chi connectivity index (χ3n) is 3.16. The van der Waals surface area contributed by atoms with Gasteiger partial charge in [0, 0.05) is 17.6 Å². The third-order valence-corrected chi connectivity index (χ3v) is 5.37. The van der Waals surface area contributed by atoms with Gasteiger partial charge in [0.2, 0.25) is 0 Å². The number of thioether (sulfide) groups is 2. The van der Waals surface area contributed by atoms with Crippen LogP contribution >= 0.6 is 23.5 Å². The second kappa shape index (κ2) is 7.52. The second-order valence-corrected chi connectivity index (χ2v) is 7.05. The van der Waals surface area contributed by atoms with Crippen LogP contribution in [0.15, 0.2) is 53.5 Å². The number of hydrogen-bond donors (Lipinski definition) is 0. The standard InChI is InChI=1S/C16H14N2O3S2/c19-18(20)13-5-3-6-14(10-13)21-8-9-22-16-17-15-7-2-1-4-12(15)11-23-16/h1-7,10H,8-9,11H2. The first-order chi connectivity index (χ1) is 11.2. The lowest BCUT2D eigenvalue weighted by molar-refractivity contribution is -0.384. The van der Waals surface area contributed by atoms with Gasteiger partial charge in [-0.25, -0.2) is 4.99 Å². The zero-order valence-corrected chi connectivity index (χ0v) is 13.8. The van der Waals surface area contributed by atoms with Gasteiger partial charge in [-0.2, -0.15) is 0 Å². The van der Waals surface area contributed by atoms with E-state index < -0.39 is 4.92 Å². The Balaban J connectivity index is 1.50. The van der Waals surface area contributed by atoms with Crippen LogP contribution in [0.1, 0.15) is 5.56 Å². The summed E-state index contributed by atoms with van der Waals surface area (Å²) in [5.41, 5.74) is 2.34. The average Bonchev–Trinajstić information content (AvgIpc) is 2.59. The first-order valence-electron chi connectivity index (χ1n) is 7.02. The Bertz CT molecular complexity index is 750. The van der Waals surface area contributed by atoms with Crippen LogP contribution in [0.5, 0.6) is 5.75 Å². The van der Waals surface area contributed by atoms with Gasteiger partial charge in [0.15, 0.2) is 0 Å². The van der Waals surface area contributed by atoms with Crippen LogP contribution in [0, 0.1) is 10.1 Å². The molecule has 5 nitrogen and oxygen atoms in total. The second-order valence-electron chi connectivity index (χ2n) is 4.75. The molecule has 0 spiro atoms. The Morgan fingerprint density at radius 2 is 2.13 bits per heavy atom. The van der Waals surface area contributed by atoms with E-state index in [-0.39, 0.29) is 5.69 Å². The highest BCUT2D eigenvalue weighted by atomic mass is 32.2. The maximum absolute atomic E-state index is 10.7. The van der Waals surface area contributed by atoms with Gasteiger partial charge in [0.1, 0.15) is 10.1 Å². The van der Waals surface area contributed by atoms with E-state index in [4.69, 9.17) is 4.74 Å². The summed E-state index contributed by atoms with van der Waals surface area (Å²) >= 11 is 3.37. The highest BCUT2D eigenvalue weighted by Gasteiger charge is 2.12. The van der Waals surface area contributed by atoms with Crippen molar-refractivity contribution >= 4 is 39.3 Å². The quantitative estimate of drug-likeness (QED) is 0.448. The molecule has 0 radical (unpaired) electrons. The van der Waals surface area contributed by atoms with Gasteiger partial charge in [0.05, 0.1) is 23.3 Å². The summed E-state index contributed by atoms with van der Waals surface area (Å²) < 4.78 is 6.60. The van der Waals surface area contributed by atoms with Crippen molar-refractivity contribution in [3.63, 3.8) is 0 Å². The van der Waals surface area contributed by atoms with E-state index in [9.17, 15) is 10.1 Å².